The molecule has 0 N–H and O–H groups in total. The molecule has 1 heterocycles. The molecule has 1 atom stereocenters. The van der Waals surface area contributed by atoms with Gasteiger partial charge in [-0.25, -0.2) is 4.79 Å². The molecule has 3 heteroatoms. The predicted molar refractivity (Wildman–Crippen MR) is 35.6 cm³/mol. The van der Waals surface area contributed by atoms with E-state index in [1.807, 2.05) is 0 Å². The Balaban J connectivity index is 1.95. The second-order valence-electron chi connectivity index (χ2n) is 2.34. The predicted octanol–water partition coefficient (Wildman–Crippen LogP) is 0.729. The van der Waals surface area contributed by atoms with Gasteiger partial charge in [0.05, 0.1) is 13.2 Å². The van der Waals surface area contributed by atoms with Gasteiger partial charge in [-0.15, -0.1) is 0 Å². The summed E-state index contributed by atoms with van der Waals surface area (Å²) >= 11 is 0. The van der Waals surface area contributed by atoms with Crippen LogP contribution in [0.15, 0.2) is 0 Å². The number of carbonyl (C=O) groups excluding carboxylic acids is 1. The van der Waals surface area contributed by atoms with Gasteiger partial charge >= 0.3 is 5.97 Å². The lowest BCUT2D eigenvalue weighted by Crippen LogP contribution is -2.11. The molecule has 1 aliphatic rings. The lowest BCUT2D eigenvalue weighted by atomic mass is 10.4. The van der Waals surface area contributed by atoms with Gasteiger partial charge < -0.3 is 9.47 Å². The van der Waals surface area contributed by atoms with Crippen molar-refractivity contribution in [1.29, 1.82) is 0 Å². The average molecular weight is 144 g/mol. The molecule has 0 spiro atoms. The lowest BCUT2D eigenvalue weighted by molar-refractivity contribution is -0.145. The van der Waals surface area contributed by atoms with Gasteiger partial charge in [-0.1, -0.05) is 13.3 Å². The molecule has 58 valence electrons. The Bertz CT molecular complexity index is 118. The molecule has 0 aromatic carbocycles. The number of hydrogen-bond donors (Lipinski definition) is 0. The molecular weight excluding hydrogens is 132 g/mol. The number of ether oxygens (including phenoxy) is 2. The summed E-state index contributed by atoms with van der Waals surface area (Å²) in [5.41, 5.74) is 0. The second kappa shape index (κ2) is 3.56. The van der Waals surface area contributed by atoms with Crippen LogP contribution in [0, 0.1) is 0 Å². The number of esters is 1. The molecule has 0 bridgehead atoms. The lowest BCUT2D eigenvalue weighted by Gasteiger charge is -1.99. The number of unbranched alkanes of at least 4 members (excludes halogenated alkanes) is 1. The van der Waals surface area contributed by atoms with Gasteiger partial charge in [0.1, 0.15) is 0 Å². The first-order valence-electron chi connectivity index (χ1n) is 3.63. The Morgan fingerprint density at radius 3 is 3.00 bits per heavy atom. The molecule has 10 heavy (non-hydrogen) atoms. The van der Waals surface area contributed by atoms with Crippen LogP contribution in [-0.2, 0) is 14.3 Å². The summed E-state index contributed by atoms with van der Waals surface area (Å²) in [6.07, 6.45) is 1.76. The largest absolute Gasteiger partial charge is 0.464 e. The van der Waals surface area contributed by atoms with Crippen molar-refractivity contribution in [3.8, 4) is 0 Å². The van der Waals surface area contributed by atoms with E-state index in [0.29, 0.717) is 13.2 Å². The Morgan fingerprint density at radius 2 is 2.50 bits per heavy atom. The smallest absolute Gasteiger partial charge is 0.337 e. The van der Waals surface area contributed by atoms with Crippen LogP contribution in [0.25, 0.3) is 0 Å². The SMILES string of the molecule is CCCCOC(=O)[C@H]1CO1. The van der Waals surface area contributed by atoms with E-state index in [0.717, 1.165) is 12.8 Å². The van der Waals surface area contributed by atoms with Gasteiger partial charge in [0, 0.05) is 0 Å². The molecule has 1 fully saturated rings. The molecule has 0 amide bonds. The van der Waals surface area contributed by atoms with Crippen molar-refractivity contribution in [2.24, 2.45) is 0 Å². The number of rotatable bonds is 4. The molecule has 0 aromatic rings. The highest BCUT2D eigenvalue weighted by atomic mass is 16.6. The maximum absolute atomic E-state index is 10.7. The Labute approximate surface area is 60.3 Å². The van der Waals surface area contributed by atoms with E-state index < -0.39 is 0 Å². The zero-order valence-corrected chi connectivity index (χ0v) is 6.13. The standard InChI is InChI=1S/C7H12O3/c1-2-3-4-9-7(8)6-5-10-6/h6H,2-5H2,1H3/t6-/m1/s1. The highest BCUT2D eigenvalue weighted by Gasteiger charge is 2.32. The fourth-order valence-corrected chi connectivity index (χ4v) is 0.594. The molecule has 0 saturated carbocycles. The maximum Gasteiger partial charge on any atom is 0.337 e. The highest BCUT2D eigenvalue weighted by Crippen LogP contribution is 2.10. The van der Waals surface area contributed by atoms with Crippen LogP contribution in [0.2, 0.25) is 0 Å². The van der Waals surface area contributed by atoms with Crippen molar-refractivity contribution in [2.45, 2.75) is 25.9 Å². The molecule has 0 aliphatic carbocycles. The average Bonchev–Trinajstić information content (AvgIpc) is 2.69. The zero-order valence-electron chi connectivity index (χ0n) is 6.13. The van der Waals surface area contributed by atoms with Crippen LogP contribution in [-0.4, -0.2) is 25.3 Å². The van der Waals surface area contributed by atoms with Crippen LogP contribution >= 0.6 is 0 Å². The first-order chi connectivity index (χ1) is 4.84. The first kappa shape index (κ1) is 7.54. The monoisotopic (exact) mass is 144 g/mol. The summed E-state index contributed by atoms with van der Waals surface area (Å²) in [4.78, 5) is 10.7. The summed E-state index contributed by atoms with van der Waals surface area (Å²) in [6.45, 7) is 3.14. The summed E-state index contributed by atoms with van der Waals surface area (Å²) < 4.78 is 9.57. The zero-order chi connectivity index (χ0) is 7.40. The van der Waals surface area contributed by atoms with Crippen molar-refractivity contribution in [1.82, 2.24) is 0 Å². The number of epoxide rings is 1. The van der Waals surface area contributed by atoms with E-state index in [1.54, 1.807) is 0 Å². The third kappa shape index (κ3) is 2.35. The summed E-state index contributed by atoms with van der Waals surface area (Å²) in [5, 5.41) is 0. The normalized spacial score (nSPS) is 22.3. The van der Waals surface area contributed by atoms with Gasteiger partial charge in [0.15, 0.2) is 6.10 Å². The Kier molecular flexibility index (Phi) is 2.68. The molecule has 0 radical (unpaired) electrons. The summed E-state index contributed by atoms with van der Waals surface area (Å²) in [6, 6.07) is 0. The Hall–Kier alpha value is -0.570. The van der Waals surface area contributed by atoms with Crippen molar-refractivity contribution < 1.29 is 14.3 Å². The van der Waals surface area contributed by atoms with Gasteiger partial charge in [0.25, 0.3) is 0 Å². The highest BCUT2D eigenvalue weighted by molar-refractivity contribution is 5.76. The van der Waals surface area contributed by atoms with E-state index in [1.165, 1.54) is 0 Å². The molecule has 0 unspecified atom stereocenters. The minimum Gasteiger partial charge on any atom is -0.464 e. The first-order valence-corrected chi connectivity index (χ1v) is 3.63. The van der Waals surface area contributed by atoms with Crippen LogP contribution in [0.1, 0.15) is 19.8 Å². The van der Waals surface area contributed by atoms with Crippen molar-refractivity contribution >= 4 is 5.97 Å². The number of carbonyl (C=O) groups is 1. The second-order valence-corrected chi connectivity index (χ2v) is 2.34. The fourth-order valence-electron chi connectivity index (χ4n) is 0.594. The summed E-state index contributed by atoms with van der Waals surface area (Å²) in [7, 11) is 0. The molecule has 1 saturated heterocycles. The van der Waals surface area contributed by atoms with Crippen molar-refractivity contribution in [3.63, 3.8) is 0 Å². The maximum atomic E-state index is 10.7. The van der Waals surface area contributed by atoms with E-state index in [4.69, 9.17) is 9.47 Å². The quantitative estimate of drug-likeness (QED) is 0.331. The molecular formula is C7H12O3. The molecule has 1 rings (SSSR count). The molecule has 1 aliphatic heterocycles. The van der Waals surface area contributed by atoms with Gasteiger partial charge in [-0.05, 0) is 6.42 Å². The van der Waals surface area contributed by atoms with Gasteiger partial charge in [0.2, 0.25) is 0 Å². The topological polar surface area (TPSA) is 38.8 Å². The fraction of sp³-hybridized carbons (Fsp3) is 0.857. The van der Waals surface area contributed by atoms with E-state index in [9.17, 15) is 4.79 Å². The minimum atomic E-state index is -0.239. The summed E-state index contributed by atoms with van der Waals surface area (Å²) in [5.74, 6) is -0.201. The minimum absolute atomic E-state index is 0.201. The molecule has 0 aromatic heterocycles. The van der Waals surface area contributed by atoms with Crippen LogP contribution < -0.4 is 0 Å². The van der Waals surface area contributed by atoms with Gasteiger partial charge in [-0.3, -0.25) is 0 Å². The van der Waals surface area contributed by atoms with Crippen LogP contribution in [0.3, 0.4) is 0 Å². The van der Waals surface area contributed by atoms with Crippen molar-refractivity contribution in [2.75, 3.05) is 13.2 Å². The third-order valence-electron chi connectivity index (χ3n) is 1.34. The third-order valence-corrected chi connectivity index (χ3v) is 1.34. The van der Waals surface area contributed by atoms with E-state index in [2.05, 4.69) is 6.92 Å². The van der Waals surface area contributed by atoms with E-state index >= 15 is 0 Å². The van der Waals surface area contributed by atoms with Crippen LogP contribution in [0.4, 0.5) is 0 Å². The van der Waals surface area contributed by atoms with Gasteiger partial charge in [-0.2, -0.15) is 0 Å². The number of hydrogen-bond acceptors (Lipinski definition) is 3. The van der Waals surface area contributed by atoms with Crippen molar-refractivity contribution in [3.05, 3.63) is 0 Å². The van der Waals surface area contributed by atoms with Crippen LogP contribution in [0.5, 0.6) is 0 Å². The van der Waals surface area contributed by atoms with E-state index in [-0.39, 0.29) is 12.1 Å². The Morgan fingerprint density at radius 1 is 1.80 bits per heavy atom. The molecule has 3 nitrogen and oxygen atoms in total.